The van der Waals surface area contributed by atoms with E-state index in [1.54, 1.807) is 0 Å². The van der Waals surface area contributed by atoms with Crippen molar-refractivity contribution in [1.29, 1.82) is 0 Å². The van der Waals surface area contributed by atoms with Gasteiger partial charge in [-0.25, -0.2) is 0 Å². The third-order valence-corrected chi connectivity index (χ3v) is 11.6. The van der Waals surface area contributed by atoms with Crippen LogP contribution in [0.2, 0.25) is 0 Å². The summed E-state index contributed by atoms with van der Waals surface area (Å²) in [7, 11) is 0. The van der Waals surface area contributed by atoms with E-state index in [4.69, 9.17) is 14.2 Å². The summed E-state index contributed by atoms with van der Waals surface area (Å²) in [5.41, 5.74) is 0. The van der Waals surface area contributed by atoms with Gasteiger partial charge in [-0.15, -0.1) is 0 Å². The zero-order valence-electron chi connectivity index (χ0n) is 40.7. The zero-order chi connectivity index (χ0) is 44.4. The standard InChI is InChI=1S/C55H100O6/c1-4-7-10-13-16-19-22-24-26-27-28-29-31-33-36-39-42-45-48-54(57)60-51-52(50-59-53(56)47-44-41-38-35-32-21-18-15-12-9-6-3)61-55(58)49-46-43-40-37-34-30-25-23-20-17-14-11-8-5-2/h8,11,17,20,28-29,52H,4-7,9-10,12-16,18-19,21-27,30-51H2,1-3H3/b11-8-,20-17-,29-28-. The second kappa shape index (κ2) is 50.3. The van der Waals surface area contributed by atoms with Crippen LogP contribution in [0.4, 0.5) is 0 Å². The van der Waals surface area contributed by atoms with Crippen molar-refractivity contribution in [1.82, 2.24) is 0 Å². The molecule has 0 aromatic heterocycles. The molecule has 0 aliphatic heterocycles. The first-order chi connectivity index (χ1) is 30.0. The van der Waals surface area contributed by atoms with Gasteiger partial charge in [-0.3, -0.25) is 14.4 Å². The molecule has 0 spiro atoms. The maximum absolute atomic E-state index is 12.8. The number of allylic oxidation sites excluding steroid dienone is 6. The second-order valence-corrected chi connectivity index (χ2v) is 17.8. The van der Waals surface area contributed by atoms with Crippen LogP contribution in [0.1, 0.15) is 278 Å². The summed E-state index contributed by atoms with van der Waals surface area (Å²) in [5, 5.41) is 0. The third-order valence-electron chi connectivity index (χ3n) is 11.6. The Labute approximate surface area is 378 Å². The van der Waals surface area contributed by atoms with Gasteiger partial charge in [0.15, 0.2) is 6.10 Å². The lowest BCUT2D eigenvalue weighted by Crippen LogP contribution is -2.30. The molecule has 6 nitrogen and oxygen atoms in total. The lowest BCUT2D eigenvalue weighted by molar-refractivity contribution is -0.167. The van der Waals surface area contributed by atoms with Crippen molar-refractivity contribution in [2.24, 2.45) is 0 Å². The van der Waals surface area contributed by atoms with Gasteiger partial charge in [0.25, 0.3) is 0 Å². The number of hydrogen-bond acceptors (Lipinski definition) is 6. The molecule has 1 atom stereocenters. The highest BCUT2D eigenvalue weighted by molar-refractivity contribution is 5.71. The number of unbranched alkanes of at least 4 members (excludes halogenated alkanes) is 31. The van der Waals surface area contributed by atoms with Gasteiger partial charge in [0.1, 0.15) is 13.2 Å². The maximum atomic E-state index is 12.8. The highest BCUT2D eigenvalue weighted by Crippen LogP contribution is 2.15. The lowest BCUT2D eigenvalue weighted by atomic mass is 10.1. The molecular weight excluding hydrogens is 757 g/mol. The van der Waals surface area contributed by atoms with Crippen LogP contribution in [0, 0.1) is 0 Å². The van der Waals surface area contributed by atoms with Gasteiger partial charge < -0.3 is 14.2 Å². The van der Waals surface area contributed by atoms with Crippen molar-refractivity contribution in [2.45, 2.75) is 284 Å². The van der Waals surface area contributed by atoms with Crippen molar-refractivity contribution in [3.8, 4) is 0 Å². The van der Waals surface area contributed by atoms with E-state index in [0.717, 1.165) is 83.5 Å². The van der Waals surface area contributed by atoms with Gasteiger partial charge in [0.2, 0.25) is 0 Å². The molecule has 0 aromatic carbocycles. The molecule has 0 amide bonds. The summed E-state index contributed by atoms with van der Waals surface area (Å²) in [6.07, 6.45) is 58.4. The lowest BCUT2D eigenvalue weighted by Gasteiger charge is -2.18. The topological polar surface area (TPSA) is 78.9 Å². The number of ether oxygens (including phenoxy) is 3. The van der Waals surface area contributed by atoms with Crippen LogP contribution >= 0.6 is 0 Å². The molecule has 6 heteroatoms. The van der Waals surface area contributed by atoms with Crippen LogP contribution in [0.5, 0.6) is 0 Å². The molecule has 0 saturated carbocycles. The summed E-state index contributed by atoms with van der Waals surface area (Å²) in [6.45, 7) is 6.54. The molecule has 0 heterocycles. The quantitative estimate of drug-likeness (QED) is 0.0262. The molecule has 356 valence electrons. The summed E-state index contributed by atoms with van der Waals surface area (Å²) in [6, 6.07) is 0. The minimum atomic E-state index is -0.775. The summed E-state index contributed by atoms with van der Waals surface area (Å²) in [4.78, 5) is 37.9. The fourth-order valence-corrected chi connectivity index (χ4v) is 7.65. The maximum Gasteiger partial charge on any atom is 0.306 e. The summed E-state index contributed by atoms with van der Waals surface area (Å²) >= 11 is 0. The van der Waals surface area contributed by atoms with E-state index in [1.807, 2.05) is 0 Å². The second-order valence-electron chi connectivity index (χ2n) is 17.8. The van der Waals surface area contributed by atoms with Crippen LogP contribution in [0.15, 0.2) is 36.5 Å². The minimum absolute atomic E-state index is 0.0752. The third kappa shape index (κ3) is 48.5. The van der Waals surface area contributed by atoms with E-state index in [9.17, 15) is 14.4 Å². The Hall–Kier alpha value is -2.37. The van der Waals surface area contributed by atoms with E-state index in [0.29, 0.717) is 19.3 Å². The summed E-state index contributed by atoms with van der Waals surface area (Å²) in [5.74, 6) is -0.882. The fraction of sp³-hybridized carbons (Fsp3) is 0.836. The average molecular weight is 857 g/mol. The first kappa shape index (κ1) is 58.6. The average Bonchev–Trinajstić information content (AvgIpc) is 3.26. The van der Waals surface area contributed by atoms with E-state index >= 15 is 0 Å². The first-order valence-electron chi connectivity index (χ1n) is 26.5. The molecule has 0 bridgehead atoms. The number of esters is 3. The number of hydrogen-bond donors (Lipinski definition) is 0. The van der Waals surface area contributed by atoms with Crippen LogP contribution < -0.4 is 0 Å². The number of carbonyl (C=O) groups excluding carboxylic acids is 3. The van der Waals surface area contributed by atoms with E-state index in [1.165, 1.54) is 154 Å². The van der Waals surface area contributed by atoms with E-state index in [-0.39, 0.29) is 31.1 Å². The van der Waals surface area contributed by atoms with Crippen LogP contribution in [-0.4, -0.2) is 37.2 Å². The van der Waals surface area contributed by atoms with Gasteiger partial charge in [-0.2, -0.15) is 0 Å². The van der Waals surface area contributed by atoms with E-state index < -0.39 is 6.10 Å². The normalized spacial score (nSPS) is 12.2. The Morgan fingerprint density at radius 2 is 0.639 bits per heavy atom. The molecule has 0 aliphatic carbocycles. The Morgan fingerprint density at radius 1 is 0.344 bits per heavy atom. The van der Waals surface area contributed by atoms with Crippen molar-refractivity contribution in [3.05, 3.63) is 36.5 Å². The molecule has 0 radical (unpaired) electrons. The summed E-state index contributed by atoms with van der Waals surface area (Å²) < 4.78 is 16.8. The zero-order valence-corrected chi connectivity index (χ0v) is 40.7. The Morgan fingerprint density at radius 3 is 1.00 bits per heavy atom. The van der Waals surface area contributed by atoms with Crippen molar-refractivity contribution in [2.75, 3.05) is 13.2 Å². The molecule has 1 unspecified atom stereocenters. The molecule has 61 heavy (non-hydrogen) atoms. The van der Waals surface area contributed by atoms with E-state index in [2.05, 4.69) is 57.2 Å². The fourth-order valence-electron chi connectivity index (χ4n) is 7.65. The van der Waals surface area contributed by atoms with Crippen LogP contribution in [-0.2, 0) is 28.6 Å². The van der Waals surface area contributed by atoms with Crippen molar-refractivity contribution >= 4 is 17.9 Å². The molecule has 0 saturated heterocycles. The van der Waals surface area contributed by atoms with Crippen LogP contribution in [0.25, 0.3) is 0 Å². The molecule has 0 N–H and O–H groups in total. The highest BCUT2D eigenvalue weighted by Gasteiger charge is 2.19. The van der Waals surface area contributed by atoms with Gasteiger partial charge in [-0.05, 0) is 70.6 Å². The van der Waals surface area contributed by atoms with Crippen molar-refractivity contribution in [3.63, 3.8) is 0 Å². The highest BCUT2D eigenvalue weighted by atomic mass is 16.6. The molecule has 0 fully saturated rings. The van der Waals surface area contributed by atoms with Crippen LogP contribution in [0.3, 0.4) is 0 Å². The molecule has 0 rings (SSSR count). The van der Waals surface area contributed by atoms with Gasteiger partial charge in [0, 0.05) is 19.3 Å². The molecular formula is C55H100O6. The monoisotopic (exact) mass is 857 g/mol. The predicted octanol–water partition coefficient (Wildman–Crippen LogP) is 17.3. The Kier molecular flexibility index (Phi) is 48.3. The van der Waals surface area contributed by atoms with Crippen molar-refractivity contribution < 1.29 is 28.6 Å². The Bertz CT molecular complexity index is 1030. The smallest absolute Gasteiger partial charge is 0.306 e. The van der Waals surface area contributed by atoms with Gasteiger partial charge >= 0.3 is 17.9 Å². The number of rotatable bonds is 48. The SMILES string of the molecule is CC/C=C\C/C=C\CCCCCCCCCC(=O)OC(COC(=O)CCCCCCC/C=C\CCCCCCCCCCC)COC(=O)CCCCCCCCCCCCC. The van der Waals surface area contributed by atoms with Gasteiger partial charge in [-0.1, -0.05) is 224 Å². The largest absolute Gasteiger partial charge is 0.462 e. The molecule has 0 aromatic rings. The molecule has 0 aliphatic rings. The Balaban J connectivity index is 4.33. The predicted molar refractivity (Wildman–Crippen MR) is 261 cm³/mol. The number of carbonyl (C=O) groups is 3. The first-order valence-corrected chi connectivity index (χ1v) is 26.5. The van der Waals surface area contributed by atoms with Gasteiger partial charge in [0.05, 0.1) is 0 Å². The minimum Gasteiger partial charge on any atom is -0.462 e.